The van der Waals surface area contributed by atoms with E-state index in [1.54, 1.807) is 11.3 Å². The molecule has 0 spiro atoms. The zero-order chi connectivity index (χ0) is 13.9. The smallest absolute Gasteiger partial charge is 0.228 e. The van der Waals surface area contributed by atoms with Crippen LogP contribution in [0.2, 0.25) is 0 Å². The van der Waals surface area contributed by atoms with Crippen LogP contribution in [-0.4, -0.2) is 10.9 Å². The van der Waals surface area contributed by atoms with Gasteiger partial charge < -0.3 is 5.32 Å². The maximum absolute atomic E-state index is 12.0. The second-order valence-electron chi connectivity index (χ2n) is 4.75. The Morgan fingerprint density at radius 1 is 1.20 bits per heavy atom. The minimum absolute atomic E-state index is 0.0107. The molecule has 0 aliphatic rings. The summed E-state index contributed by atoms with van der Waals surface area (Å²) in [6.45, 7) is 2.03. The van der Waals surface area contributed by atoms with E-state index in [0.29, 0.717) is 6.42 Å². The first-order valence-corrected chi connectivity index (χ1v) is 7.27. The molecule has 0 fully saturated rings. The quantitative estimate of drug-likeness (QED) is 0.794. The van der Waals surface area contributed by atoms with E-state index in [9.17, 15) is 4.79 Å². The Morgan fingerprint density at radius 2 is 2.00 bits per heavy atom. The van der Waals surface area contributed by atoms with Crippen LogP contribution in [0.4, 0.5) is 5.69 Å². The lowest BCUT2D eigenvalue weighted by Gasteiger charge is -2.05. The summed E-state index contributed by atoms with van der Waals surface area (Å²) in [7, 11) is 0. The van der Waals surface area contributed by atoms with Crippen molar-refractivity contribution in [2.75, 3.05) is 5.32 Å². The first-order chi connectivity index (χ1) is 9.70. The van der Waals surface area contributed by atoms with Crippen molar-refractivity contribution in [2.45, 2.75) is 13.3 Å². The van der Waals surface area contributed by atoms with Crippen molar-refractivity contribution in [3.63, 3.8) is 0 Å². The Bertz CT molecular complexity index is 747. The van der Waals surface area contributed by atoms with Gasteiger partial charge in [-0.15, -0.1) is 11.3 Å². The Balaban J connectivity index is 1.70. The van der Waals surface area contributed by atoms with Crippen molar-refractivity contribution in [2.24, 2.45) is 0 Å². The van der Waals surface area contributed by atoms with E-state index in [4.69, 9.17) is 0 Å². The van der Waals surface area contributed by atoms with Crippen molar-refractivity contribution in [3.05, 3.63) is 59.1 Å². The van der Waals surface area contributed by atoms with Gasteiger partial charge in [-0.2, -0.15) is 0 Å². The minimum atomic E-state index is -0.0107. The molecule has 0 unspecified atom stereocenters. The summed E-state index contributed by atoms with van der Waals surface area (Å²) in [5.41, 5.74) is 5.73. The van der Waals surface area contributed by atoms with E-state index >= 15 is 0 Å². The lowest BCUT2D eigenvalue weighted by Crippen LogP contribution is -2.14. The number of anilines is 1. The van der Waals surface area contributed by atoms with Gasteiger partial charge in [-0.05, 0) is 30.7 Å². The minimum Gasteiger partial charge on any atom is -0.326 e. The molecule has 1 amide bonds. The first-order valence-electron chi connectivity index (χ1n) is 6.39. The summed E-state index contributed by atoms with van der Waals surface area (Å²) in [4.78, 5) is 16.3. The van der Waals surface area contributed by atoms with Gasteiger partial charge in [0, 0.05) is 5.69 Å². The van der Waals surface area contributed by atoms with Crippen molar-refractivity contribution in [3.8, 4) is 0 Å². The number of aryl methyl sites for hydroxylation is 1. The summed E-state index contributed by atoms with van der Waals surface area (Å²) in [5.74, 6) is -0.0107. The Labute approximate surface area is 121 Å². The fourth-order valence-corrected chi connectivity index (χ4v) is 2.69. The number of nitrogens with one attached hydrogen (secondary N) is 1. The molecule has 0 saturated heterocycles. The number of fused-ring (bicyclic) bond motifs is 1. The third-order valence-corrected chi connectivity index (χ3v) is 3.91. The molecule has 1 aromatic heterocycles. The van der Waals surface area contributed by atoms with Crippen LogP contribution in [0.3, 0.4) is 0 Å². The molecule has 0 aliphatic carbocycles. The number of hydrogen-bond acceptors (Lipinski definition) is 3. The van der Waals surface area contributed by atoms with Gasteiger partial charge >= 0.3 is 0 Å². The average molecular weight is 282 g/mol. The van der Waals surface area contributed by atoms with Crippen LogP contribution in [0.5, 0.6) is 0 Å². The van der Waals surface area contributed by atoms with Gasteiger partial charge in [0.05, 0.1) is 22.1 Å². The largest absolute Gasteiger partial charge is 0.326 e. The van der Waals surface area contributed by atoms with Crippen LogP contribution in [0, 0.1) is 6.92 Å². The highest BCUT2D eigenvalue weighted by Gasteiger charge is 2.05. The number of rotatable bonds is 3. The number of thiazole rings is 1. The fraction of sp³-hybridized carbons (Fsp3) is 0.125. The van der Waals surface area contributed by atoms with Crippen LogP contribution in [0.15, 0.2) is 48.0 Å². The lowest BCUT2D eigenvalue weighted by molar-refractivity contribution is -0.115. The van der Waals surface area contributed by atoms with E-state index in [0.717, 1.165) is 21.5 Å². The van der Waals surface area contributed by atoms with Crippen molar-refractivity contribution < 1.29 is 4.79 Å². The van der Waals surface area contributed by atoms with Crippen LogP contribution in [0.1, 0.15) is 11.1 Å². The lowest BCUT2D eigenvalue weighted by atomic mass is 10.1. The van der Waals surface area contributed by atoms with Crippen LogP contribution >= 0.6 is 11.3 Å². The second-order valence-corrected chi connectivity index (χ2v) is 5.63. The highest BCUT2D eigenvalue weighted by Crippen LogP contribution is 2.21. The Kier molecular flexibility index (Phi) is 3.48. The molecule has 1 N–H and O–H groups in total. The van der Waals surface area contributed by atoms with Gasteiger partial charge in [0.1, 0.15) is 0 Å². The first kappa shape index (κ1) is 12.8. The third kappa shape index (κ3) is 2.86. The van der Waals surface area contributed by atoms with Crippen molar-refractivity contribution >= 4 is 33.1 Å². The average Bonchev–Trinajstić information content (AvgIpc) is 2.89. The third-order valence-electron chi connectivity index (χ3n) is 3.10. The van der Waals surface area contributed by atoms with Gasteiger partial charge in [-0.25, -0.2) is 4.98 Å². The van der Waals surface area contributed by atoms with Crippen molar-refractivity contribution in [1.29, 1.82) is 0 Å². The van der Waals surface area contributed by atoms with Gasteiger partial charge in [-0.1, -0.05) is 29.8 Å². The van der Waals surface area contributed by atoms with E-state index < -0.39 is 0 Å². The monoisotopic (exact) mass is 282 g/mol. The molecule has 0 aliphatic heterocycles. The maximum atomic E-state index is 12.0. The molecule has 3 rings (SSSR count). The topological polar surface area (TPSA) is 42.0 Å². The molecule has 0 radical (unpaired) electrons. The predicted octanol–water partition coefficient (Wildman–Crippen LogP) is 3.79. The van der Waals surface area contributed by atoms with E-state index in [2.05, 4.69) is 10.3 Å². The van der Waals surface area contributed by atoms with Gasteiger partial charge in [0.15, 0.2) is 0 Å². The Hall–Kier alpha value is -2.20. The molecule has 2 aromatic carbocycles. The van der Waals surface area contributed by atoms with Crippen LogP contribution in [0.25, 0.3) is 10.2 Å². The molecule has 0 atom stereocenters. The number of benzene rings is 2. The van der Waals surface area contributed by atoms with Gasteiger partial charge in [0.25, 0.3) is 0 Å². The van der Waals surface area contributed by atoms with Gasteiger partial charge in [0.2, 0.25) is 5.91 Å². The summed E-state index contributed by atoms with van der Waals surface area (Å²) < 4.78 is 1.13. The second kappa shape index (κ2) is 5.43. The highest BCUT2D eigenvalue weighted by molar-refractivity contribution is 7.16. The standard InChI is InChI=1S/C16H14N2OS/c1-11-2-4-12(5-3-11)8-16(19)18-13-6-7-15-14(9-13)17-10-20-15/h2-7,9-10H,8H2,1H3,(H,18,19). The maximum Gasteiger partial charge on any atom is 0.228 e. The van der Waals surface area contributed by atoms with Gasteiger partial charge in [-0.3, -0.25) is 4.79 Å². The molecular formula is C16H14N2OS. The van der Waals surface area contributed by atoms with Crippen LogP contribution < -0.4 is 5.32 Å². The molecule has 20 heavy (non-hydrogen) atoms. The van der Waals surface area contributed by atoms with Crippen molar-refractivity contribution in [1.82, 2.24) is 4.98 Å². The molecule has 3 aromatic rings. The van der Waals surface area contributed by atoms with Crippen LogP contribution in [-0.2, 0) is 11.2 Å². The SMILES string of the molecule is Cc1ccc(CC(=O)Nc2ccc3scnc3c2)cc1. The Morgan fingerprint density at radius 3 is 2.80 bits per heavy atom. The highest BCUT2D eigenvalue weighted by atomic mass is 32.1. The fourth-order valence-electron chi connectivity index (χ4n) is 2.03. The summed E-state index contributed by atoms with van der Waals surface area (Å²) in [6.07, 6.45) is 0.384. The van der Waals surface area contributed by atoms with E-state index in [-0.39, 0.29) is 5.91 Å². The number of carbonyl (C=O) groups excluding carboxylic acids is 1. The molecule has 3 nitrogen and oxygen atoms in total. The van der Waals surface area contributed by atoms with E-state index in [1.165, 1.54) is 5.56 Å². The molecule has 100 valence electrons. The molecular weight excluding hydrogens is 268 g/mol. The predicted molar refractivity (Wildman–Crippen MR) is 83.1 cm³/mol. The zero-order valence-electron chi connectivity index (χ0n) is 11.1. The summed E-state index contributed by atoms with van der Waals surface area (Å²) in [6, 6.07) is 13.8. The van der Waals surface area contributed by atoms with E-state index in [1.807, 2.05) is 54.9 Å². The molecule has 0 bridgehead atoms. The number of hydrogen-bond donors (Lipinski definition) is 1. The number of aromatic nitrogens is 1. The summed E-state index contributed by atoms with van der Waals surface area (Å²) in [5, 5.41) is 2.91. The molecule has 0 saturated carbocycles. The zero-order valence-corrected chi connectivity index (χ0v) is 11.9. The normalized spacial score (nSPS) is 10.7. The number of carbonyl (C=O) groups is 1. The summed E-state index contributed by atoms with van der Waals surface area (Å²) >= 11 is 1.60. The molecule has 4 heteroatoms. The number of amides is 1. The molecule has 1 heterocycles. The number of nitrogens with zero attached hydrogens (tertiary/aromatic N) is 1.